The molecule has 0 aromatic carbocycles. The monoisotopic (exact) mass is 272 g/mol. The lowest BCUT2D eigenvalue weighted by atomic mass is 10.3. The van der Waals surface area contributed by atoms with Crippen LogP contribution >= 0.6 is 23.7 Å². The zero-order valence-electron chi connectivity index (χ0n) is 9.77. The van der Waals surface area contributed by atoms with Crippen molar-refractivity contribution in [1.29, 1.82) is 0 Å². The predicted octanol–water partition coefficient (Wildman–Crippen LogP) is 2.32. The highest BCUT2D eigenvalue weighted by atomic mass is 35.5. The van der Waals surface area contributed by atoms with Crippen molar-refractivity contribution >= 4 is 23.7 Å². The van der Waals surface area contributed by atoms with E-state index in [0.29, 0.717) is 0 Å². The number of aryl methyl sites for hydroxylation is 2. The summed E-state index contributed by atoms with van der Waals surface area (Å²) in [7, 11) is 0. The van der Waals surface area contributed by atoms with Gasteiger partial charge in [0.1, 0.15) is 0 Å². The molecule has 94 valence electrons. The molecule has 2 aromatic rings. The van der Waals surface area contributed by atoms with Crippen LogP contribution in [0, 0.1) is 6.92 Å². The minimum absolute atomic E-state index is 0. The number of halogens is 1. The van der Waals surface area contributed by atoms with Crippen molar-refractivity contribution in [2.75, 3.05) is 6.54 Å². The third-order valence-corrected chi connectivity index (χ3v) is 3.31. The van der Waals surface area contributed by atoms with Gasteiger partial charge in [-0.2, -0.15) is 5.10 Å². The summed E-state index contributed by atoms with van der Waals surface area (Å²) in [5.74, 6) is 0. The Hall–Kier alpha value is -0.910. The normalized spacial score (nSPS) is 10.2. The Bertz CT molecular complexity index is 413. The Balaban J connectivity index is 0.00000144. The first-order chi connectivity index (χ1) is 7.84. The van der Waals surface area contributed by atoms with Gasteiger partial charge in [-0.15, -0.1) is 23.7 Å². The number of aromatic amines is 1. The Kier molecular flexibility index (Phi) is 6.18. The molecule has 0 radical (unpaired) electrons. The van der Waals surface area contributed by atoms with Crippen molar-refractivity contribution in [3.63, 3.8) is 0 Å². The fourth-order valence-electron chi connectivity index (χ4n) is 1.49. The van der Waals surface area contributed by atoms with E-state index in [0.717, 1.165) is 37.3 Å². The molecule has 2 heterocycles. The van der Waals surface area contributed by atoms with Crippen LogP contribution < -0.4 is 5.32 Å². The van der Waals surface area contributed by atoms with E-state index in [1.54, 1.807) is 17.5 Å². The van der Waals surface area contributed by atoms with Gasteiger partial charge in [0.15, 0.2) is 0 Å². The van der Waals surface area contributed by atoms with Gasteiger partial charge in [-0.1, -0.05) is 0 Å². The first-order valence-corrected chi connectivity index (χ1v) is 6.32. The highest BCUT2D eigenvalue weighted by molar-refractivity contribution is 7.09. The molecular formula is C11H17ClN4S. The first-order valence-electron chi connectivity index (χ1n) is 5.44. The van der Waals surface area contributed by atoms with Crippen molar-refractivity contribution in [3.05, 3.63) is 34.0 Å². The summed E-state index contributed by atoms with van der Waals surface area (Å²) in [6, 6.07) is 1.98. The first kappa shape index (κ1) is 14.2. The molecule has 6 heteroatoms. The maximum Gasteiger partial charge on any atom is 0.0928 e. The summed E-state index contributed by atoms with van der Waals surface area (Å²) >= 11 is 1.75. The molecule has 2 aromatic heterocycles. The molecule has 0 saturated heterocycles. The van der Waals surface area contributed by atoms with E-state index >= 15 is 0 Å². The summed E-state index contributed by atoms with van der Waals surface area (Å²) in [6.45, 7) is 3.91. The molecule has 0 aliphatic rings. The van der Waals surface area contributed by atoms with E-state index in [9.17, 15) is 0 Å². The smallest absolute Gasteiger partial charge is 0.0928 e. The maximum absolute atomic E-state index is 4.43. The largest absolute Gasteiger partial charge is 0.311 e. The quantitative estimate of drug-likeness (QED) is 0.794. The van der Waals surface area contributed by atoms with E-state index in [1.165, 1.54) is 5.01 Å². The van der Waals surface area contributed by atoms with Crippen LogP contribution in [0.5, 0.6) is 0 Å². The van der Waals surface area contributed by atoms with Crippen LogP contribution in [0.25, 0.3) is 0 Å². The molecule has 2 N–H and O–H groups in total. The average Bonchev–Trinajstić information content (AvgIpc) is 2.89. The second kappa shape index (κ2) is 7.42. The van der Waals surface area contributed by atoms with E-state index < -0.39 is 0 Å². The highest BCUT2D eigenvalue weighted by Crippen LogP contribution is 2.10. The van der Waals surface area contributed by atoms with Gasteiger partial charge in [0, 0.05) is 35.9 Å². The van der Waals surface area contributed by atoms with Gasteiger partial charge in [-0.3, -0.25) is 5.10 Å². The molecule has 0 bridgehead atoms. The maximum atomic E-state index is 4.43. The fourth-order valence-corrected chi connectivity index (χ4v) is 2.31. The van der Waals surface area contributed by atoms with Gasteiger partial charge in [0.05, 0.1) is 5.01 Å². The van der Waals surface area contributed by atoms with E-state index in [-0.39, 0.29) is 12.4 Å². The predicted molar refractivity (Wildman–Crippen MR) is 72.7 cm³/mol. The minimum atomic E-state index is 0. The van der Waals surface area contributed by atoms with Crippen molar-refractivity contribution in [1.82, 2.24) is 20.5 Å². The lowest BCUT2D eigenvalue weighted by molar-refractivity contribution is 0.638. The van der Waals surface area contributed by atoms with Gasteiger partial charge in [-0.25, -0.2) is 4.98 Å². The molecule has 2 rings (SSSR count). The molecular weight excluding hydrogens is 256 g/mol. The van der Waals surface area contributed by atoms with Crippen LogP contribution in [-0.4, -0.2) is 21.7 Å². The van der Waals surface area contributed by atoms with Gasteiger partial charge < -0.3 is 5.32 Å². The van der Waals surface area contributed by atoms with Gasteiger partial charge >= 0.3 is 0 Å². The SMILES string of the molecule is Cc1csc(CCCNCc2ccn[nH]2)n1.Cl. The zero-order valence-corrected chi connectivity index (χ0v) is 11.4. The molecule has 0 spiro atoms. The van der Waals surface area contributed by atoms with Crippen LogP contribution in [0.1, 0.15) is 22.8 Å². The molecule has 4 nitrogen and oxygen atoms in total. The Morgan fingerprint density at radius 1 is 1.47 bits per heavy atom. The second-order valence-electron chi connectivity index (χ2n) is 3.74. The van der Waals surface area contributed by atoms with Gasteiger partial charge in [0.25, 0.3) is 0 Å². The van der Waals surface area contributed by atoms with Crippen LogP contribution in [0.3, 0.4) is 0 Å². The van der Waals surface area contributed by atoms with Crippen LogP contribution in [0.4, 0.5) is 0 Å². The molecule has 0 saturated carbocycles. The van der Waals surface area contributed by atoms with Crippen molar-refractivity contribution in [2.24, 2.45) is 0 Å². The lowest BCUT2D eigenvalue weighted by Gasteiger charge is -2.01. The summed E-state index contributed by atoms with van der Waals surface area (Å²) in [4.78, 5) is 4.43. The van der Waals surface area contributed by atoms with Gasteiger partial charge in [-0.05, 0) is 26.0 Å². The topological polar surface area (TPSA) is 53.6 Å². The number of aromatic nitrogens is 3. The molecule has 0 unspecified atom stereocenters. The van der Waals surface area contributed by atoms with E-state index in [4.69, 9.17) is 0 Å². The molecule has 0 fully saturated rings. The Morgan fingerprint density at radius 2 is 2.35 bits per heavy atom. The van der Waals surface area contributed by atoms with Crippen LogP contribution in [0.2, 0.25) is 0 Å². The number of hydrogen-bond donors (Lipinski definition) is 2. The number of rotatable bonds is 6. The fraction of sp³-hybridized carbons (Fsp3) is 0.455. The summed E-state index contributed by atoms with van der Waals surface area (Å²) < 4.78 is 0. The molecule has 0 atom stereocenters. The van der Waals surface area contributed by atoms with Crippen molar-refractivity contribution in [3.8, 4) is 0 Å². The molecule has 0 aliphatic heterocycles. The second-order valence-corrected chi connectivity index (χ2v) is 4.69. The van der Waals surface area contributed by atoms with Crippen LogP contribution in [-0.2, 0) is 13.0 Å². The third kappa shape index (κ3) is 4.85. The Labute approximate surface area is 111 Å². The number of thiazole rings is 1. The third-order valence-electron chi connectivity index (χ3n) is 2.28. The Morgan fingerprint density at radius 3 is 3.00 bits per heavy atom. The van der Waals surface area contributed by atoms with E-state index in [2.05, 4.69) is 25.9 Å². The van der Waals surface area contributed by atoms with E-state index in [1.807, 2.05) is 13.0 Å². The molecule has 0 aliphatic carbocycles. The number of nitrogens with zero attached hydrogens (tertiary/aromatic N) is 2. The summed E-state index contributed by atoms with van der Waals surface area (Å²) in [6.07, 6.45) is 3.96. The number of H-pyrrole nitrogens is 1. The summed E-state index contributed by atoms with van der Waals surface area (Å²) in [5, 5.41) is 13.5. The number of hydrogen-bond acceptors (Lipinski definition) is 4. The van der Waals surface area contributed by atoms with Crippen molar-refractivity contribution < 1.29 is 0 Å². The highest BCUT2D eigenvalue weighted by Gasteiger charge is 1.98. The molecule has 17 heavy (non-hydrogen) atoms. The summed E-state index contributed by atoms with van der Waals surface area (Å²) in [5.41, 5.74) is 2.26. The standard InChI is InChI=1S/C11H16N4S.ClH/c1-9-8-16-11(14-9)3-2-5-12-7-10-4-6-13-15-10;/h4,6,8,12H,2-3,5,7H2,1H3,(H,13,15);1H. The molecule has 0 amide bonds. The van der Waals surface area contributed by atoms with Crippen LogP contribution in [0.15, 0.2) is 17.6 Å². The zero-order chi connectivity index (χ0) is 11.2. The van der Waals surface area contributed by atoms with Crippen molar-refractivity contribution in [2.45, 2.75) is 26.3 Å². The minimum Gasteiger partial charge on any atom is -0.311 e. The number of nitrogens with one attached hydrogen (secondary N) is 2. The lowest BCUT2D eigenvalue weighted by Crippen LogP contribution is -2.15. The average molecular weight is 273 g/mol. The van der Waals surface area contributed by atoms with Gasteiger partial charge in [0.2, 0.25) is 0 Å².